The highest BCUT2D eigenvalue weighted by atomic mass is 19.1. The predicted molar refractivity (Wildman–Crippen MR) is 112 cm³/mol. The van der Waals surface area contributed by atoms with Gasteiger partial charge in [0.1, 0.15) is 18.2 Å². The van der Waals surface area contributed by atoms with Crippen molar-refractivity contribution >= 4 is 5.91 Å². The summed E-state index contributed by atoms with van der Waals surface area (Å²) in [5.41, 5.74) is 1.45. The molecule has 2 aromatic rings. The van der Waals surface area contributed by atoms with Gasteiger partial charge in [0.05, 0.1) is 0 Å². The van der Waals surface area contributed by atoms with E-state index in [2.05, 4.69) is 4.90 Å². The molecule has 29 heavy (non-hydrogen) atoms. The quantitative estimate of drug-likeness (QED) is 0.659. The van der Waals surface area contributed by atoms with Crippen LogP contribution in [0.3, 0.4) is 0 Å². The Kier molecular flexibility index (Phi) is 6.45. The van der Waals surface area contributed by atoms with E-state index in [1.165, 1.54) is 44.5 Å². The van der Waals surface area contributed by atoms with Crippen LogP contribution in [0.2, 0.25) is 0 Å². The van der Waals surface area contributed by atoms with Gasteiger partial charge in [-0.05, 0) is 74.7 Å². The number of amides is 1. The van der Waals surface area contributed by atoms with Crippen LogP contribution < -0.4 is 4.74 Å². The number of benzene rings is 2. The van der Waals surface area contributed by atoms with Crippen LogP contribution in [0, 0.1) is 5.82 Å². The third-order valence-corrected chi connectivity index (χ3v) is 5.70. The molecule has 4 rings (SSSR count). The zero-order valence-electron chi connectivity index (χ0n) is 16.9. The lowest BCUT2D eigenvalue weighted by Gasteiger charge is -2.26. The topological polar surface area (TPSA) is 32.8 Å². The van der Waals surface area contributed by atoms with Crippen LogP contribution in [0.5, 0.6) is 5.75 Å². The number of carbonyl (C=O) groups is 1. The Balaban J connectivity index is 1.37. The SMILES string of the molecule is O=C(c1cccc(F)c1)N(Cc1cccc(OCCN2CCCCC2)c1)C1CC1. The molecule has 5 heteroatoms. The van der Waals surface area contributed by atoms with E-state index in [4.69, 9.17) is 4.74 Å². The first-order valence-corrected chi connectivity index (χ1v) is 10.7. The molecule has 1 aliphatic carbocycles. The van der Waals surface area contributed by atoms with Gasteiger partial charge in [-0.25, -0.2) is 4.39 Å². The van der Waals surface area contributed by atoms with E-state index in [1.54, 1.807) is 12.1 Å². The normalized spacial score (nSPS) is 17.1. The monoisotopic (exact) mass is 396 g/mol. The van der Waals surface area contributed by atoms with Crippen molar-refractivity contribution in [2.24, 2.45) is 0 Å². The molecule has 0 N–H and O–H groups in total. The zero-order chi connectivity index (χ0) is 20.1. The second-order valence-electron chi connectivity index (χ2n) is 8.07. The Morgan fingerprint density at radius 1 is 1.07 bits per heavy atom. The molecule has 0 unspecified atom stereocenters. The first kappa shape index (κ1) is 19.9. The highest BCUT2D eigenvalue weighted by Gasteiger charge is 2.33. The summed E-state index contributed by atoms with van der Waals surface area (Å²) in [6, 6.07) is 14.2. The van der Waals surface area contributed by atoms with Crippen molar-refractivity contribution in [3.63, 3.8) is 0 Å². The summed E-state index contributed by atoms with van der Waals surface area (Å²) in [6.45, 7) is 4.49. The molecule has 2 aliphatic rings. The lowest BCUT2D eigenvalue weighted by atomic mass is 10.1. The van der Waals surface area contributed by atoms with Gasteiger partial charge in [-0.3, -0.25) is 9.69 Å². The molecule has 1 saturated heterocycles. The Morgan fingerprint density at radius 2 is 1.86 bits per heavy atom. The van der Waals surface area contributed by atoms with Gasteiger partial charge in [0.2, 0.25) is 0 Å². The Labute approximate surface area is 172 Å². The van der Waals surface area contributed by atoms with Crippen LogP contribution in [0.1, 0.15) is 48.0 Å². The second-order valence-corrected chi connectivity index (χ2v) is 8.07. The van der Waals surface area contributed by atoms with Crippen molar-refractivity contribution in [2.75, 3.05) is 26.2 Å². The molecule has 2 fully saturated rings. The fraction of sp³-hybridized carbons (Fsp3) is 0.458. The van der Waals surface area contributed by atoms with Crippen LogP contribution in [0.4, 0.5) is 4.39 Å². The van der Waals surface area contributed by atoms with Crippen LogP contribution >= 0.6 is 0 Å². The van der Waals surface area contributed by atoms with Crippen molar-refractivity contribution in [3.05, 3.63) is 65.5 Å². The highest BCUT2D eigenvalue weighted by molar-refractivity contribution is 5.94. The molecule has 1 saturated carbocycles. The first-order valence-electron chi connectivity index (χ1n) is 10.7. The van der Waals surface area contributed by atoms with Gasteiger partial charge in [-0.15, -0.1) is 0 Å². The molecular weight excluding hydrogens is 367 g/mol. The number of hydrogen-bond donors (Lipinski definition) is 0. The molecule has 0 radical (unpaired) electrons. The summed E-state index contributed by atoms with van der Waals surface area (Å²) in [4.78, 5) is 17.3. The standard InChI is InChI=1S/C24H29FN2O2/c25-21-8-5-7-20(17-21)24(28)27(22-10-11-22)18-19-6-4-9-23(16-19)29-15-14-26-12-2-1-3-13-26/h4-9,16-17,22H,1-3,10-15,18H2. The van der Waals surface area contributed by atoms with Crippen LogP contribution in [0.15, 0.2) is 48.5 Å². The molecule has 1 heterocycles. The fourth-order valence-corrected chi connectivity index (χ4v) is 3.95. The number of likely N-dealkylation sites (tertiary alicyclic amines) is 1. The van der Waals surface area contributed by atoms with Crippen LogP contribution in [0.25, 0.3) is 0 Å². The number of nitrogens with zero attached hydrogens (tertiary/aromatic N) is 2. The minimum absolute atomic E-state index is 0.108. The Bertz CT molecular complexity index is 831. The van der Waals surface area contributed by atoms with Gasteiger partial charge < -0.3 is 9.64 Å². The minimum Gasteiger partial charge on any atom is -0.492 e. The molecule has 0 atom stereocenters. The maximum atomic E-state index is 13.5. The fourth-order valence-electron chi connectivity index (χ4n) is 3.95. The van der Waals surface area contributed by atoms with E-state index in [9.17, 15) is 9.18 Å². The summed E-state index contributed by atoms with van der Waals surface area (Å²) in [5, 5.41) is 0. The van der Waals surface area contributed by atoms with Crippen LogP contribution in [-0.4, -0.2) is 48.0 Å². The van der Waals surface area contributed by atoms with Crippen molar-refractivity contribution in [1.82, 2.24) is 9.80 Å². The zero-order valence-corrected chi connectivity index (χ0v) is 16.9. The third kappa shape index (κ3) is 5.57. The van der Waals surface area contributed by atoms with E-state index in [-0.39, 0.29) is 17.8 Å². The van der Waals surface area contributed by atoms with Gasteiger partial charge in [-0.1, -0.05) is 24.6 Å². The molecule has 2 aromatic carbocycles. The molecule has 154 valence electrons. The van der Waals surface area contributed by atoms with Crippen LogP contribution in [-0.2, 0) is 6.54 Å². The number of ether oxygens (including phenoxy) is 1. The van der Waals surface area contributed by atoms with Crippen molar-refractivity contribution in [3.8, 4) is 5.75 Å². The number of halogens is 1. The summed E-state index contributed by atoms with van der Waals surface area (Å²) in [5.74, 6) is 0.354. The largest absolute Gasteiger partial charge is 0.492 e. The van der Waals surface area contributed by atoms with Crippen molar-refractivity contribution < 1.29 is 13.9 Å². The van der Waals surface area contributed by atoms with Gasteiger partial charge in [0.15, 0.2) is 0 Å². The molecule has 0 bridgehead atoms. The third-order valence-electron chi connectivity index (χ3n) is 5.70. The smallest absolute Gasteiger partial charge is 0.254 e. The van der Waals surface area contributed by atoms with E-state index in [0.717, 1.165) is 30.7 Å². The molecule has 0 spiro atoms. The summed E-state index contributed by atoms with van der Waals surface area (Å²) >= 11 is 0. The molecule has 1 aliphatic heterocycles. The molecular formula is C24H29FN2O2. The summed E-state index contributed by atoms with van der Waals surface area (Å²) < 4.78 is 19.5. The van der Waals surface area contributed by atoms with E-state index in [0.29, 0.717) is 18.7 Å². The lowest BCUT2D eigenvalue weighted by Crippen LogP contribution is -2.33. The number of carbonyl (C=O) groups excluding carboxylic acids is 1. The number of piperidine rings is 1. The maximum absolute atomic E-state index is 13.5. The average Bonchev–Trinajstić information content (AvgIpc) is 3.58. The van der Waals surface area contributed by atoms with Gasteiger partial charge in [0.25, 0.3) is 5.91 Å². The lowest BCUT2D eigenvalue weighted by molar-refractivity contribution is 0.0729. The van der Waals surface area contributed by atoms with E-state index < -0.39 is 0 Å². The van der Waals surface area contributed by atoms with Gasteiger partial charge in [0, 0.05) is 24.7 Å². The average molecular weight is 397 g/mol. The highest BCUT2D eigenvalue weighted by Crippen LogP contribution is 2.30. The molecule has 1 amide bonds. The summed E-state index contributed by atoms with van der Waals surface area (Å²) in [7, 11) is 0. The summed E-state index contributed by atoms with van der Waals surface area (Å²) in [6.07, 6.45) is 5.92. The molecule has 4 nitrogen and oxygen atoms in total. The van der Waals surface area contributed by atoms with Crippen molar-refractivity contribution in [1.29, 1.82) is 0 Å². The maximum Gasteiger partial charge on any atom is 0.254 e. The Hall–Kier alpha value is -2.40. The van der Waals surface area contributed by atoms with Crippen molar-refractivity contribution in [2.45, 2.75) is 44.7 Å². The first-order chi connectivity index (χ1) is 14.2. The van der Waals surface area contributed by atoms with E-state index >= 15 is 0 Å². The predicted octanol–water partition coefficient (Wildman–Crippen LogP) is 4.50. The van der Waals surface area contributed by atoms with E-state index in [1.807, 2.05) is 29.2 Å². The molecule has 0 aromatic heterocycles. The Morgan fingerprint density at radius 3 is 2.62 bits per heavy atom. The van der Waals surface area contributed by atoms with Gasteiger partial charge in [-0.2, -0.15) is 0 Å². The number of rotatable bonds is 8. The minimum atomic E-state index is -0.379. The number of hydrogen-bond acceptors (Lipinski definition) is 3. The second kappa shape index (κ2) is 9.40. The van der Waals surface area contributed by atoms with Gasteiger partial charge >= 0.3 is 0 Å².